The van der Waals surface area contributed by atoms with E-state index >= 15 is 0 Å². The molecule has 1 aliphatic carbocycles. The van der Waals surface area contributed by atoms with Crippen LogP contribution in [0.25, 0.3) is 0 Å². The van der Waals surface area contributed by atoms with Gasteiger partial charge in [-0.3, -0.25) is 0 Å². The van der Waals surface area contributed by atoms with Crippen molar-refractivity contribution in [3.63, 3.8) is 0 Å². The van der Waals surface area contributed by atoms with Crippen LogP contribution in [0.5, 0.6) is 0 Å². The van der Waals surface area contributed by atoms with E-state index in [-0.39, 0.29) is 0 Å². The Balaban J connectivity index is 2.15. The summed E-state index contributed by atoms with van der Waals surface area (Å²) in [7, 11) is 0. The normalized spacial score (nSPS) is 20.4. The third-order valence-corrected chi connectivity index (χ3v) is 4.05. The van der Waals surface area contributed by atoms with Gasteiger partial charge in [-0.05, 0) is 24.8 Å². The number of unbranched alkanes of at least 4 members (excludes halogenated alkanes) is 3. The van der Waals surface area contributed by atoms with Gasteiger partial charge in [0.05, 0.1) is 0 Å². The molecular weight excluding hydrogens is 182 g/mol. The van der Waals surface area contributed by atoms with Crippen molar-refractivity contribution in [2.45, 2.75) is 71.1 Å². The highest BCUT2D eigenvalue weighted by atomic mass is 14.6. The summed E-state index contributed by atoms with van der Waals surface area (Å²) in [6, 6.07) is 0. The largest absolute Gasteiger partial charge is 0.330 e. The Bertz CT molecular complexity index is 138. The molecule has 0 saturated heterocycles. The predicted molar refractivity (Wildman–Crippen MR) is 67.9 cm³/mol. The first-order valence-corrected chi connectivity index (χ1v) is 7.08. The zero-order chi connectivity index (χ0) is 10.9. The predicted octanol–water partition coefficient (Wildman–Crippen LogP) is 4.11. The van der Waals surface area contributed by atoms with Crippen LogP contribution in [0.1, 0.15) is 71.1 Å². The van der Waals surface area contributed by atoms with Gasteiger partial charge in [-0.15, -0.1) is 0 Å². The van der Waals surface area contributed by atoms with Crippen LogP contribution in [0.4, 0.5) is 0 Å². The highest BCUT2D eigenvalue weighted by Crippen LogP contribution is 2.32. The number of nitrogens with two attached hydrogens (primary N) is 1. The first kappa shape index (κ1) is 13.0. The maximum Gasteiger partial charge on any atom is -0.00462 e. The number of hydrogen-bond donors (Lipinski definition) is 1. The van der Waals surface area contributed by atoms with Crippen LogP contribution in [-0.2, 0) is 0 Å². The van der Waals surface area contributed by atoms with Crippen LogP contribution in [0.2, 0.25) is 0 Å². The average molecular weight is 211 g/mol. The molecule has 1 atom stereocenters. The molecule has 0 bridgehead atoms. The van der Waals surface area contributed by atoms with Gasteiger partial charge in [0.2, 0.25) is 0 Å². The molecule has 0 aromatic rings. The zero-order valence-corrected chi connectivity index (χ0v) is 10.5. The summed E-state index contributed by atoms with van der Waals surface area (Å²) in [6.07, 6.45) is 14.2. The molecule has 1 nitrogen and oxygen atoms in total. The minimum absolute atomic E-state index is 0.835. The second kappa shape index (κ2) is 8.15. The monoisotopic (exact) mass is 211 g/mol. The molecule has 1 saturated carbocycles. The Hall–Kier alpha value is -0.0400. The van der Waals surface area contributed by atoms with Gasteiger partial charge in [0.25, 0.3) is 0 Å². The molecule has 0 radical (unpaired) electrons. The summed E-state index contributed by atoms with van der Waals surface area (Å²) < 4.78 is 0. The molecule has 90 valence electrons. The Morgan fingerprint density at radius 1 is 1.07 bits per heavy atom. The van der Waals surface area contributed by atoms with Crippen LogP contribution in [0, 0.1) is 11.8 Å². The van der Waals surface area contributed by atoms with Crippen LogP contribution in [0.15, 0.2) is 0 Å². The van der Waals surface area contributed by atoms with Crippen LogP contribution in [0.3, 0.4) is 0 Å². The fourth-order valence-corrected chi connectivity index (χ4v) is 2.98. The smallest absolute Gasteiger partial charge is 0.00462 e. The van der Waals surface area contributed by atoms with Gasteiger partial charge in [0.1, 0.15) is 0 Å². The summed E-state index contributed by atoms with van der Waals surface area (Å²) >= 11 is 0. The van der Waals surface area contributed by atoms with Gasteiger partial charge in [-0.1, -0.05) is 64.7 Å². The SMILES string of the molecule is CCCCCC[C@H](CN)C1CCCCC1. The molecule has 0 spiro atoms. The Morgan fingerprint density at radius 2 is 1.80 bits per heavy atom. The molecule has 15 heavy (non-hydrogen) atoms. The molecule has 1 fully saturated rings. The minimum Gasteiger partial charge on any atom is -0.330 e. The van der Waals surface area contributed by atoms with E-state index < -0.39 is 0 Å². The second-order valence-corrected chi connectivity index (χ2v) is 5.24. The van der Waals surface area contributed by atoms with Crippen LogP contribution < -0.4 is 5.73 Å². The Kier molecular flexibility index (Phi) is 7.08. The lowest BCUT2D eigenvalue weighted by Gasteiger charge is -2.29. The molecule has 0 aliphatic heterocycles. The van der Waals surface area contributed by atoms with E-state index in [4.69, 9.17) is 5.73 Å². The fourth-order valence-electron chi connectivity index (χ4n) is 2.98. The molecule has 0 amide bonds. The lowest BCUT2D eigenvalue weighted by atomic mass is 9.78. The van der Waals surface area contributed by atoms with E-state index in [1.807, 2.05) is 0 Å². The van der Waals surface area contributed by atoms with E-state index in [2.05, 4.69) is 6.92 Å². The van der Waals surface area contributed by atoms with E-state index in [1.165, 1.54) is 64.2 Å². The molecule has 2 N–H and O–H groups in total. The molecule has 0 heterocycles. The fraction of sp³-hybridized carbons (Fsp3) is 1.00. The first-order chi connectivity index (χ1) is 7.38. The number of rotatable bonds is 7. The topological polar surface area (TPSA) is 26.0 Å². The summed E-state index contributed by atoms with van der Waals surface area (Å²) in [4.78, 5) is 0. The van der Waals surface area contributed by atoms with Gasteiger partial charge in [-0.2, -0.15) is 0 Å². The maximum absolute atomic E-state index is 5.92. The molecule has 0 aromatic heterocycles. The third-order valence-electron chi connectivity index (χ3n) is 4.05. The van der Waals surface area contributed by atoms with Gasteiger partial charge < -0.3 is 5.73 Å². The van der Waals surface area contributed by atoms with E-state index in [1.54, 1.807) is 0 Å². The Labute approximate surface area is 95.8 Å². The van der Waals surface area contributed by atoms with E-state index in [0.29, 0.717) is 0 Å². The standard InChI is InChI=1S/C14H29N/c1-2-3-4-6-11-14(12-15)13-9-7-5-8-10-13/h13-14H,2-12,15H2,1H3/t14-/m1/s1. The average Bonchev–Trinajstić information content (AvgIpc) is 2.30. The van der Waals surface area contributed by atoms with Crippen molar-refractivity contribution in [1.82, 2.24) is 0 Å². The quantitative estimate of drug-likeness (QED) is 0.630. The van der Waals surface area contributed by atoms with Gasteiger partial charge in [-0.25, -0.2) is 0 Å². The lowest BCUT2D eigenvalue weighted by Crippen LogP contribution is -2.25. The zero-order valence-electron chi connectivity index (χ0n) is 10.5. The van der Waals surface area contributed by atoms with Crippen molar-refractivity contribution < 1.29 is 0 Å². The molecule has 0 aromatic carbocycles. The van der Waals surface area contributed by atoms with Crippen LogP contribution in [-0.4, -0.2) is 6.54 Å². The summed E-state index contributed by atoms with van der Waals surface area (Å²) in [5, 5.41) is 0. The van der Waals surface area contributed by atoms with Crippen molar-refractivity contribution in [1.29, 1.82) is 0 Å². The van der Waals surface area contributed by atoms with Crippen molar-refractivity contribution in [3.8, 4) is 0 Å². The number of hydrogen-bond acceptors (Lipinski definition) is 1. The molecule has 1 rings (SSSR count). The summed E-state index contributed by atoms with van der Waals surface area (Å²) in [5.41, 5.74) is 5.92. The molecular formula is C14H29N. The Morgan fingerprint density at radius 3 is 2.40 bits per heavy atom. The molecule has 1 heteroatoms. The van der Waals surface area contributed by atoms with Crippen molar-refractivity contribution >= 4 is 0 Å². The van der Waals surface area contributed by atoms with E-state index in [0.717, 1.165) is 18.4 Å². The van der Waals surface area contributed by atoms with Crippen LogP contribution >= 0.6 is 0 Å². The maximum atomic E-state index is 5.92. The highest BCUT2D eigenvalue weighted by Gasteiger charge is 2.21. The minimum atomic E-state index is 0.835. The highest BCUT2D eigenvalue weighted by molar-refractivity contribution is 4.74. The summed E-state index contributed by atoms with van der Waals surface area (Å²) in [6.45, 7) is 3.21. The van der Waals surface area contributed by atoms with E-state index in [9.17, 15) is 0 Å². The van der Waals surface area contributed by atoms with Crippen molar-refractivity contribution in [2.24, 2.45) is 17.6 Å². The van der Waals surface area contributed by atoms with Gasteiger partial charge >= 0.3 is 0 Å². The summed E-state index contributed by atoms with van der Waals surface area (Å²) in [5.74, 6) is 1.80. The first-order valence-electron chi connectivity index (χ1n) is 7.08. The van der Waals surface area contributed by atoms with Gasteiger partial charge in [0.15, 0.2) is 0 Å². The lowest BCUT2D eigenvalue weighted by molar-refractivity contribution is 0.236. The second-order valence-electron chi connectivity index (χ2n) is 5.24. The van der Waals surface area contributed by atoms with Crippen molar-refractivity contribution in [3.05, 3.63) is 0 Å². The van der Waals surface area contributed by atoms with Crippen molar-refractivity contribution in [2.75, 3.05) is 6.54 Å². The van der Waals surface area contributed by atoms with Gasteiger partial charge in [0, 0.05) is 0 Å². The molecule has 0 unspecified atom stereocenters. The third kappa shape index (κ3) is 5.01. The molecule has 1 aliphatic rings.